The van der Waals surface area contributed by atoms with Gasteiger partial charge in [-0.25, -0.2) is 14.6 Å². The summed E-state index contributed by atoms with van der Waals surface area (Å²) >= 11 is 0.642. The van der Waals surface area contributed by atoms with Crippen molar-refractivity contribution in [3.63, 3.8) is 0 Å². The Morgan fingerprint density at radius 1 is 1.11 bits per heavy atom. The third-order valence-electron chi connectivity index (χ3n) is 4.33. The number of hydrogen-bond acceptors (Lipinski definition) is 9. The Bertz CT molecular complexity index is 1300. The normalized spacial score (nSPS) is 12.6. The third kappa shape index (κ3) is 4.57. The molecule has 0 saturated carbocycles. The highest BCUT2D eigenvalue weighted by atomic mass is 32.2. The molecule has 1 aromatic carbocycles. The second-order valence-corrected chi connectivity index (χ2v) is 7.60. The Morgan fingerprint density at radius 2 is 1.71 bits per heavy atom. The van der Waals surface area contributed by atoms with Crippen molar-refractivity contribution in [2.24, 2.45) is 12.8 Å². The molecule has 2 heterocycles. The number of aryl methyl sites for hydroxylation is 1. The molecule has 3 aromatic rings. The number of primary amides is 1. The molecule has 186 valence electrons. The van der Waals surface area contributed by atoms with Crippen LogP contribution in [0.25, 0.3) is 11.4 Å². The van der Waals surface area contributed by atoms with Crippen LogP contribution in [0.2, 0.25) is 0 Å². The zero-order chi connectivity index (χ0) is 26.3. The van der Waals surface area contributed by atoms with Crippen LogP contribution >= 0.6 is 11.8 Å². The summed E-state index contributed by atoms with van der Waals surface area (Å²) in [5.41, 5.74) is 1.90. The fourth-order valence-electron chi connectivity index (χ4n) is 2.57. The van der Waals surface area contributed by atoms with Crippen molar-refractivity contribution in [1.82, 2.24) is 30.2 Å². The number of nitrogens with two attached hydrogens (primary N) is 1. The maximum absolute atomic E-state index is 14.0. The van der Waals surface area contributed by atoms with Gasteiger partial charge in [-0.1, -0.05) is 0 Å². The number of nitro groups is 1. The molecular weight excluding hydrogens is 517 g/mol. The Labute approximate surface area is 192 Å². The highest BCUT2D eigenvalue weighted by Crippen LogP contribution is 2.51. The predicted octanol–water partition coefficient (Wildman–Crippen LogP) is 3.11. The van der Waals surface area contributed by atoms with E-state index >= 15 is 0 Å². The van der Waals surface area contributed by atoms with Gasteiger partial charge < -0.3 is 5.73 Å². The number of benzene rings is 1. The third-order valence-corrected chi connectivity index (χ3v) is 5.50. The van der Waals surface area contributed by atoms with Crippen molar-refractivity contribution >= 4 is 23.4 Å². The molecule has 0 aliphatic rings. The van der Waals surface area contributed by atoms with E-state index in [1.165, 1.54) is 7.05 Å². The molecule has 1 amide bonds. The van der Waals surface area contributed by atoms with Crippen molar-refractivity contribution < 1.29 is 40.5 Å². The molecule has 35 heavy (non-hydrogen) atoms. The Balaban J connectivity index is 2.19. The number of carbonyl (C=O) groups excluding carboxylic acids is 1. The van der Waals surface area contributed by atoms with Crippen molar-refractivity contribution in [3.8, 4) is 11.4 Å². The summed E-state index contributed by atoms with van der Waals surface area (Å²) in [6.07, 6.45) is -6.58. The molecule has 0 aliphatic carbocycles. The largest absolute Gasteiger partial charge is 0.460 e. The molecule has 2 N–H and O–H groups in total. The molecule has 11 nitrogen and oxygen atoms in total. The summed E-state index contributed by atoms with van der Waals surface area (Å²) in [7, 11) is 1.39. The van der Waals surface area contributed by atoms with Crippen LogP contribution in [0.4, 0.5) is 36.4 Å². The lowest BCUT2D eigenvalue weighted by Crippen LogP contribution is -2.50. The van der Waals surface area contributed by atoms with Crippen LogP contribution in [0.3, 0.4) is 0 Å². The number of nitrogens with zero attached hydrogens (tertiary/aromatic N) is 7. The topological polar surface area (TPSA) is 156 Å². The minimum Gasteiger partial charge on any atom is -0.366 e. The molecule has 0 aliphatic heterocycles. The first-order chi connectivity index (χ1) is 16.1. The van der Waals surface area contributed by atoms with Gasteiger partial charge in [0.1, 0.15) is 0 Å². The molecular formula is C16H9F7N8O3S. The van der Waals surface area contributed by atoms with Crippen LogP contribution in [0.1, 0.15) is 15.9 Å². The number of alkyl halides is 7. The summed E-state index contributed by atoms with van der Waals surface area (Å²) in [6.45, 7) is 0. The standard InChI is InChI=1S/C16H9F7N8O3S/c1-30-13(27-28-29-30)35-10-8(11(24)32)2-7(31(33)34)3-9(10)12-25-4-6(5-26-12)14(17,18)15(19,20)16(21,22)23/h2-5H,1H3,(H2,24,32). The van der Waals surface area contributed by atoms with Gasteiger partial charge in [0, 0.05) is 42.0 Å². The van der Waals surface area contributed by atoms with Gasteiger partial charge in [-0.2, -0.15) is 30.7 Å². The number of carbonyl (C=O) groups is 1. The van der Waals surface area contributed by atoms with E-state index < -0.39 is 51.5 Å². The second kappa shape index (κ2) is 8.71. The van der Waals surface area contributed by atoms with E-state index in [1.807, 2.05) is 0 Å². The van der Waals surface area contributed by atoms with E-state index in [0.29, 0.717) is 11.8 Å². The number of amides is 1. The van der Waals surface area contributed by atoms with Crippen molar-refractivity contribution in [2.75, 3.05) is 0 Å². The summed E-state index contributed by atoms with van der Waals surface area (Å²) < 4.78 is 93.1. The average molecular weight is 526 g/mol. The van der Waals surface area contributed by atoms with Crippen LogP contribution in [0, 0.1) is 10.1 Å². The fraction of sp³-hybridized carbons (Fsp3) is 0.250. The van der Waals surface area contributed by atoms with Crippen molar-refractivity contribution in [1.29, 1.82) is 0 Å². The minimum atomic E-state index is -6.58. The Hall–Kier alpha value is -3.90. The van der Waals surface area contributed by atoms with Crippen molar-refractivity contribution in [3.05, 3.63) is 45.8 Å². The highest BCUT2D eigenvalue weighted by molar-refractivity contribution is 7.99. The number of aromatic nitrogens is 6. The molecule has 0 saturated heterocycles. The monoisotopic (exact) mass is 526 g/mol. The molecule has 0 bridgehead atoms. The predicted molar refractivity (Wildman–Crippen MR) is 100 cm³/mol. The highest BCUT2D eigenvalue weighted by Gasteiger charge is 2.73. The molecule has 3 rings (SSSR count). The average Bonchev–Trinajstić information content (AvgIpc) is 3.17. The van der Waals surface area contributed by atoms with Crippen LogP contribution in [-0.2, 0) is 13.0 Å². The lowest BCUT2D eigenvalue weighted by molar-refractivity contribution is -0.384. The van der Waals surface area contributed by atoms with E-state index in [9.17, 15) is 45.6 Å². The second-order valence-electron chi connectivity index (χ2n) is 6.62. The van der Waals surface area contributed by atoms with Crippen LogP contribution in [0.5, 0.6) is 0 Å². The van der Waals surface area contributed by atoms with Gasteiger partial charge in [0.2, 0.25) is 11.1 Å². The summed E-state index contributed by atoms with van der Waals surface area (Å²) in [5, 5.41) is 21.9. The Morgan fingerprint density at radius 3 is 2.17 bits per heavy atom. The quantitative estimate of drug-likeness (QED) is 0.278. The fourth-order valence-corrected chi connectivity index (χ4v) is 3.52. The molecule has 2 aromatic heterocycles. The van der Waals surface area contributed by atoms with E-state index in [4.69, 9.17) is 5.73 Å². The lowest BCUT2D eigenvalue weighted by Gasteiger charge is -2.27. The molecule has 19 heteroatoms. The molecule has 0 unspecified atom stereocenters. The molecule has 0 fully saturated rings. The summed E-state index contributed by atoms with van der Waals surface area (Å²) in [5.74, 6) is -14.0. The first-order valence-corrected chi connectivity index (χ1v) is 9.57. The number of halogens is 7. The van der Waals surface area contributed by atoms with Gasteiger partial charge >= 0.3 is 18.0 Å². The molecule has 0 radical (unpaired) electrons. The maximum Gasteiger partial charge on any atom is 0.460 e. The first kappa shape index (κ1) is 25.7. The summed E-state index contributed by atoms with van der Waals surface area (Å²) in [6, 6.07) is 1.61. The molecule has 0 spiro atoms. The van der Waals surface area contributed by atoms with E-state index in [0.717, 1.165) is 16.8 Å². The van der Waals surface area contributed by atoms with Crippen LogP contribution in [-0.4, -0.2) is 53.1 Å². The van der Waals surface area contributed by atoms with E-state index in [2.05, 4.69) is 25.5 Å². The lowest BCUT2D eigenvalue weighted by atomic mass is 10.0. The maximum atomic E-state index is 14.0. The van der Waals surface area contributed by atoms with Gasteiger partial charge in [0.25, 0.3) is 5.69 Å². The number of non-ortho nitro benzene ring substituents is 1. The molecule has 0 atom stereocenters. The SMILES string of the molecule is Cn1nnnc1Sc1c(C(N)=O)cc([N+](=O)[O-])cc1-c1ncc(C(F)(F)C(F)(F)C(F)(F)F)cn1. The van der Waals surface area contributed by atoms with E-state index in [-0.39, 0.29) is 28.0 Å². The van der Waals surface area contributed by atoms with Gasteiger partial charge in [0.05, 0.1) is 16.1 Å². The number of tetrazole rings is 1. The van der Waals surface area contributed by atoms with Crippen LogP contribution in [0.15, 0.2) is 34.6 Å². The smallest absolute Gasteiger partial charge is 0.366 e. The van der Waals surface area contributed by atoms with Crippen molar-refractivity contribution in [2.45, 2.75) is 28.1 Å². The summed E-state index contributed by atoms with van der Waals surface area (Å²) in [4.78, 5) is 29.0. The minimum absolute atomic E-state index is 0.00306. The van der Waals surface area contributed by atoms with Gasteiger partial charge in [0.15, 0.2) is 5.82 Å². The van der Waals surface area contributed by atoms with E-state index in [1.54, 1.807) is 0 Å². The zero-order valence-electron chi connectivity index (χ0n) is 16.8. The number of hydrogen-bond donors (Lipinski definition) is 1. The van der Waals surface area contributed by atoms with Gasteiger partial charge in [-0.3, -0.25) is 14.9 Å². The van der Waals surface area contributed by atoms with Gasteiger partial charge in [-0.15, -0.1) is 5.10 Å². The van der Waals surface area contributed by atoms with Crippen LogP contribution < -0.4 is 5.73 Å². The first-order valence-electron chi connectivity index (χ1n) is 8.75. The number of rotatable bonds is 7. The Kier molecular flexibility index (Phi) is 6.40. The van der Waals surface area contributed by atoms with Gasteiger partial charge in [-0.05, 0) is 22.2 Å². The number of nitro benzene ring substituents is 1. The zero-order valence-corrected chi connectivity index (χ0v) is 17.6.